The molecular weight excluding hydrogens is 364 g/mol. The van der Waals surface area contributed by atoms with Gasteiger partial charge in [0.1, 0.15) is 0 Å². The number of nitrogens with zero attached hydrogens (tertiary/aromatic N) is 3. The van der Waals surface area contributed by atoms with E-state index in [9.17, 15) is 9.59 Å². The average Bonchev–Trinajstić information content (AvgIpc) is 3.23. The molecule has 2 amide bonds. The fraction of sp³-hybridized carbons (Fsp3) is 0.261. The van der Waals surface area contributed by atoms with Crippen molar-refractivity contribution in [2.24, 2.45) is 0 Å². The standard InChI is InChI=1S/C23H24N4O2/c28-22(19-9-5-2-6-10-19)25-21-11-13-26(14-12-21)23(29)20-15-24-27(17-20)16-18-7-3-1-4-8-18/h1-10,15,17,21H,11-14,16H2,(H,25,28). The Morgan fingerprint density at radius 2 is 1.59 bits per heavy atom. The van der Waals surface area contributed by atoms with Crippen molar-refractivity contribution in [3.05, 3.63) is 89.7 Å². The van der Waals surface area contributed by atoms with E-state index >= 15 is 0 Å². The van der Waals surface area contributed by atoms with Gasteiger partial charge in [0.15, 0.2) is 0 Å². The first-order valence-electron chi connectivity index (χ1n) is 9.90. The van der Waals surface area contributed by atoms with Crippen molar-refractivity contribution in [2.45, 2.75) is 25.4 Å². The molecule has 6 nitrogen and oxygen atoms in total. The van der Waals surface area contributed by atoms with E-state index in [0.29, 0.717) is 30.8 Å². The third kappa shape index (κ3) is 4.71. The van der Waals surface area contributed by atoms with Gasteiger partial charge in [-0.05, 0) is 30.5 Å². The molecule has 1 N–H and O–H groups in total. The Balaban J connectivity index is 1.29. The summed E-state index contributed by atoms with van der Waals surface area (Å²) in [4.78, 5) is 26.9. The van der Waals surface area contributed by atoms with Crippen LogP contribution in [0.3, 0.4) is 0 Å². The van der Waals surface area contributed by atoms with Gasteiger partial charge in [-0.25, -0.2) is 0 Å². The summed E-state index contributed by atoms with van der Waals surface area (Å²) >= 11 is 0. The number of rotatable bonds is 5. The normalized spacial score (nSPS) is 14.6. The van der Waals surface area contributed by atoms with Crippen molar-refractivity contribution < 1.29 is 9.59 Å². The lowest BCUT2D eigenvalue weighted by Crippen LogP contribution is -2.46. The van der Waals surface area contributed by atoms with E-state index in [-0.39, 0.29) is 17.9 Å². The molecule has 2 aromatic carbocycles. The van der Waals surface area contributed by atoms with Crippen molar-refractivity contribution in [3.8, 4) is 0 Å². The Hall–Kier alpha value is -3.41. The fourth-order valence-electron chi connectivity index (χ4n) is 3.60. The number of benzene rings is 2. The van der Waals surface area contributed by atoms with Gasteiger partial charge in [0.2, 0.25) is 0 Å². The molecule has 6 heteroatoms. The fourth-order valence-corrected chi connectivity index (χ4v) is 3.60. The molecule has 0 unspecified atom stereocenters. The number of hydrogen-bond acceptors (Lipinski definition) is 3. The van der Waals surface area contributed by atoms with Crippen LogP contribution < -0.4 is 5.32 Å². The monoisotopic (exact) mass is 388 g/mol. The van der Waals surface area contributed by atoms with E-state index in [4.69, 9.17) is 0 Å². The topological polar surface area (TPSA) is 67.2 Å². The summed E-state index contributed by atoms with van der Waals surface area (Å²) < 4.78 is 1.79. The smallest absolute Gasteiger partial charge is 0.257 e. The van der Waals surface area contributed by atoms with Crippen LogP contribution in [0.1, 0.15) is 39.1 Å². The van der Waals surface area contributed by atoms with Gasteiger partial charge in [0, 0.05) is 30.9 Å². The van der Waals surface area contributed by atoms with Gasteiger partial charge in [-0.1, -0.05) is 48.5 Å². The van der Waals surface area contributed by atoms with Crippen LogP contribution in [0.15, 0.2) is 73.1 Å². The molecule has 148 valence electrons. The van der Waals surface area contributed by atoms with Gasteiger partial charge < -0.3 is 10.2 Å². The molecule has 0 saturated carbocycles. The van der Waals surface area contributed by atoms with Crippen molar-refractivity contribution >= 4 is 11.8 Å². The third-order valence-corrected chi connectivity index (χ3v) is 5.22. The number of aromatic nitrogens is 2. The number of amides is 2. The van der Waals surface area contributed by atoms with E-state index in [1.807, 2.05) is 53.4 Å². The Bertz CT molecular complexity index is 961. The van der Waals surface area contributed by atoms with Gasteiger partial charge in [-0.2, -0.15) is 5.10 Å². The van der Waals surface area contributed by atoms with E-state index in [0.717, 1.165) is 18.4 Å². The number of carbonyl (C=O) groups is 2. The molecule has 3 aromatic rings. The molecule has 0 spiro atoms. The second-order valence-corrected chi connectivity index (χ2v) is 7.32. The minimum absolute atomic E-state index is 0.00264. The van der Waals surface area contributed by atoms with E-state index in [1.165, 1.54) is 0 Å². The van der Waals surface area contributed by atoms with E-state index in [1.54, 1.807) is 29.2 Å². The van der Waals surface area contributed by atoms with Crippen LogP contribution in [0.5, 0.6) is 0 Å². The Kier molecular flexibility index (Phi) is 5.70. The summed E-state index contributed by atoms with van der Waals surface area (Å²) in [5.41, 5.74) is 2.41. The molecule has 29 heavy (non-hydrogen) atoms. The zero-order chi connectivity index (χ0) is 20.1. The molecular formula is C23H24N4O2. The molecule has 0 radical (unpaired) electrons. The van der Waals surface area contributed by atoms with Crippen LogP contribution >= 0.6 is 0 Å². The summed E-state index contributed by atoms with van der Waals surface area (Å²) in [5.74, 6) is -0.0605. The van der Waals surface area contributed by atoms with Crippen molar-refractivity contribution in [2.75, 3.05) is 13.1 Å². The van der Waals surface area contributed by atoms with Crippen molar-refractivity contribution in [1.29, 1.82) is 0 Å². The predicted octanol–water partition coefficient (Wildman–Crippen LogP) is 2.97. The lowest BCUT2D eigenvalue weighted by molar-refractivity contribution is 0.0698. The van der Waals surface area contributed by atoms with Crippen molar-refractivity contribution in [3.63, 3.8) is 0 Å². The number of likely N-dealkylation sites (tertiary alicyclic amines) is 1. The number of hydrogen-bond donors (Lipinski definition) is 1. The van der Waals surface area contributed by atoms with Crippen LogP contribution in [0.25, 0.3) is 0 Å². The predicted molar refractivity (Wildman–Crippen MR) is 111 cm³/mol. The maximum atomic E-state index is 12.8. The van der Waals surface area contributed by atoms with E-state index in [2.05, 4.69) is 10.4 Å². The van der Waals surface area contributed by atoms with Crippen LogP contribution in [0, 0.1) is 0 Å². The first kappa shape index (κ1) is 18.9. The van der Waals surface area contributed by atoms with Crippen LogP contribution in [-0.2, 0) is 6.54 Å². The molecule has 0 bridgehead atoms. The Morgan fingerprint density at radius 1 is 0.931 bits per heavy atom. The van der Waals surface area contributed by atoms with Crippen molar-refractivity contribution in [1.82, 2.24) is 20.0 Å². The number of nitrogens with one attached hydrogen (secondary N) is 1. The largest absolute Gasteiger partial charge is 0.349 e. The number of carbonyl (C=O) groups excluding carboxylic acids is 2. The van der Waals surface area contributed by atoms with Crippen LogP contribution in [0.2, 0.25) is 0 Å². The molecule has 0 aliphatic carbocycles. The van der Waals surface area contributed by atoms with Gasteiger partial charge in [0.05, 0.1) is 18.3 Å². The summed E-state index contributed by atoms with van der Waals surface area (Å²) in [6, 6.07) is 19.3. The van der Waals surface area contributed by atoms with Gasteiger partial charge in [-0.15, -0.1) is 0 Å². The molecule has 4 rings (SSSR count). The highest BCUT2D eigenvalue weighted by Gasteiger charge is 2.25. The maximum Gasteiger partial charge on any atom is 0.257 e. The van der Waals surface area contributed by atoms with Gasteiger partial charge in [0.25, 0.3) is 11.8 Å². The lowest BCUT2D eigenvalue weighted by Gasteiger charge is -2.32. The second-order valence-electron chi connectivity index (χ2n) is 7.32. The first-order chi connectivity index (χ1) is 14.2. The highest BCUT2D eigenvalue weighted by Crippen LogP contribution is 2.15. The van der Waals surface area contributed by atoms with Crippen LogP contribution in [-0.4, -0.2) is 45.6 Å². The maximum absolute atomic E-state index is 12.8. The number of piperidine rings is 1. The SMILES string of the molecule is O=C(NC1CCN(C(=O)c2cnn(Cc3ccccc3)c2)CC1)c1ccccc1. The Labute approximate surface area is 170 Å². The molecule has 1 aromatic heterocycles. The van der Waals surface area contributed by atoms with E-state index < -0.39 is 0 Å². The van der Waals surface area contributed by atoms with Gasteiger partial charge in [-0.3, -0.25) is 14.3 Å². The minimum Gasteiger partial charge on any atom is -0.349 e. The molecule has 0 atom stereocenters. The zero-order valence-corrected chi connectivity index (χ0v) is 16.2. The summed E-state index contributed by atoms with van der Waals surface area (Å²) in [5, 5.41) is 7.40. The molecule has 1 aliphatic rings. The average molecular weight is 388 g/mol. The lowest BCUT2D eigenvalue weighted by atomic mass is 10.0. The molecule has 1 saturated heterocycles. The Morgan fingerprint density at radius 3 is 2.28 bits per heavy atom. The molecule has 1 aliphatic heterocycles. The molecule has 1 fully saturated rings. The zero-order valence-electron chi connectivity index (χ0n) is 16.2. The van der Waals surface area contributed by atoms with Crippen LogP contribution in [0.4, 0.5) is 0 Å². The summed E-state index contributed by atoms with van der Waals surface area (Å²) in [7, 11) is 0. The molecule has 2 heterocycles. The van der Waals surface area contributed by atoms with Gasteiger partial charge >= 0.3 is 0 Å². The highest BCUT2D eigenvalue weighted by atomic mass is 16.2. The first-order valence-corrected chi connectivity index (χ1v) is 9.90. The highest BCUT2D eigenvalue weighted by molar-refractivity contribution is 5.95. The summed E-state index contributed by atoms with van der Waals surface area (Å²) in [6.07, 6.45) is 4.94. The quantitative estimate of drug-likeness (QED) is 0.731. The summed E-state index contributed by atoms with van der Waals surface area (Å²) in [6.45, 7) is 1.90. The minimum atomic E-state index is -0.0578. The second kappa shape index (κ2) is 8.73. The third-order valence-electron chi connectivity index (χ3n) is 5.22.